The van der Waals surface area contributed by atoms with Crippen molar-refractivity contribution in [3.63, 3.8) is 0 Å². The zero-order chi connectivity index (χ0) is 22.2. The fourth-order valence-corrected chi connectivity index (χ4v) is 7.84. The van der Waals surface area contributed by atoms with Crippen molar-refractivity contribution in [1.82, 2.24) is 0 Å². The third kappa shape index (κ3) is 7.67. The van der Waals surface area contributed by atoms with Crippen LogP contribution in [0.2, 0.25) is 0 Å². The Balaban J connectivity index is 0.00000363. The lowest BCUT2D eigenvalue weighted by atomic mass is 9.63. The summed E-state index contributed by atoms with van der Waals surface area (Å²) in [5.74, 6) is 3.58. The molecular formula is C29H58F2O. The number of rotatable bonds is 10. The van der Waals surface area contributed by atoms with Gasteiger partial charge in [-0.25, -0.2) is 8.78 Å². The predicted octanol–water partition coefficient (Wildman–Crippen LogP) is 9.38. The SMILES string of the molecule is CCCCCCC(C)C1C(F)CC(C2CCC(C3CCC(CCC)CC3)CC2)CC1F.O.[HH].[HH]. The summed E-state index contributed by atoms with van der Waals surface area (Å²) in [6.07, 6.45) is 19.0. The van der Waals surface area contributed by atoms with E-state index in [4.69, 9.17) is 0 Å². The van der Waals surface area contributed by atoms with Gasteiger partial charge in [-0.3, -0.25) is 0 Å². The number of halogens is 2. The molecule has 0 bridgehead atoms. The van der Waals surface area contributed by atoms with Gasteiger partial charge in [0.2, 0.25) is 0 Å². The van der Waals surface area contributed by atoms with Crippen LogP contribution in [0, 0.1) is 41.4 Å². The summed E-state index contributed by atoms with van der Waals surface area (Å²) in [4.78, 5) is 0. The van der Waals surface area contributed by atoms with Crippen LogP contribution < -0.4 is 0 Å². The van der Waals surface area contributed by atoms with Gasteiger partial charge in [-0.05, 0) is 86.9 Å². The first-order valence-corrected chi connectivity index (χ1v) is 14.3. The van der Waals surface area contributed by atoms with E-state index in [0.717, 1.165) is 30.6 Å². The zero-order valence-corrected chi connectivity index (χ0v) is 21.5. The summed E-state index contributed by atoms with van der Waals surface area (Å²) in [5, 5.41) is 0. The Hall–Kier alpha value is -0.180. The molecule has 3 atom stereocenters. The summed E-state index contributed by atoms with van der Waals surface area (Å²) in [7, 11) is 0. The molecule has 0 aromatic heterocycles. The molecule has 3 rings (SSSR count). The van der Waals surface area contributed by atoms with Crippen LogP contribution in [0.4, 0.5) is 8.78 Å². The van der Waals surface area contributed by atoms with Gasteiger partial charge in [0, 0.05) is 8.77 Å². The summed E-state index contributed by atoms with van der Waals surface area (Å²) in [5.41, 5.74) is 0. The first kappa shape index (κ1) is 28.1. The molecular weight excluding hydrogens is 402 g/mol. The molecule has 3 unspecified atom stereocenters. The third-order valence-electron chi connectivity index (χ3n) is 9.80. The molecule has 0 spiro atoms. The molecule has 3 aliphatic carbocycles. The summed E-state index contributed by atoms with van der Waals surface area (Å²) in [6, 6.07) is 0. The lowest BCUT2D eigenvalue weighted by molar-refractivity contribution is -0.0135. The summed E-state index contributed by atoms with van der Waals surface area (Å²) in [6.45, 7) is 6.64. The minimum atomic E-state index is -0.915. The average molecular weight is 461 g/mol. The van der Waals surface area contributed by atoms with Gasteiger partial charge in [-0.2, -0.15) is 0 Å². The Bertz CT molecular complexity index is 481. The Labute approximate surface area is 201 Å². The van der Waals surface area contributed by atoms with E-state index in [1.54, 1.807) is 0 Å². The predicted molar refractivity (Wildman–Crippen MR) is 138 cm³/mol. The second-order valence-electron chi connectivity index (χ2n) is 11.9. The Morgan fingerprint density at radius 1 is 0.688 bits per heavy atom. The molecule has 2 N–H and O–H groups in total. The molecule has 194 valence electrons. The van der Waals surface area contributed by atoms with E-state index in [0.29, 0.717) is 24.7 Å². The van der Waals surface area contributed by atoms with Gasteiger partial charge in [0.1, 0.15) is 12.3 Å². The first-order chi connectivity index (χ1) is 15.0. The molecule has 0 aromatic rings. The van der Waals surface area contributed by atoms with Gasteiger partial charge >= 0.3 is 0 Å². The van der Waals surface area contributed by atoms with E-state index < -0.39 is 12.3 Å². The van der Waals surface area contributed by atoms with Crippen molar-refractivity contribution in [1.29, 1.82) is 0 Å². The van der Waals surface area contributed by atoms with Gasteiger partial charge in [0.25, 0.3) is 0 Å². The maximum absolute atomic E-state index is 15.2. The Morgan fingerprint density at radius 2 is 1.19 bits per heavy atom. The van der Waals surface area contributed by atoms with Crippen molar-refractivity contribution in [2.45, 2.75) is 142 Å². The van der Waals surface area contributed by atoms with Gasteiger partial charge < -0.3 is 5.48 Å². The van der Waals surface area contributed by atoms with Crippen LogP contribution >= 0.6 is 0 Å². The van der Waals surface area contributed by atoms with Crippen LogP contribution in [0.15, 0.2) is 0 Å². The van der Waals surface area contributed by atoms with Crippen molar-refractivity contribution < 1.29 is 17.1 Å². The lowest BCUT2D eigenvalue weighted by Gasteiger charge is -2.44. The van der Waals surface area contributed by atoms with Crippen LogP contribution in [0.1, 0.15) is 133 Å². The highest BCUT2D eigenvalue weighted by molar-refractivity contribution is 4.93. The van der Waals surface area contributed by atoms with E-state index >= 15 is 8.78 Å². The smallest absolute Gasteiger partial charge is 0.106 e. The molecule has 0 heterocycles. The van der Waals surface area contributed by atoms with E-state index in [2.05, 4.69) is 20.8 Å². The highest BCUT2D eigenvalue weighted by atomic mass is 19.1. The zero-order valence-electron chi connectivity index (χ0n) is 21.5. The van der Waals surface area contributed by atoms with Crippen molar-refractivity contribution in [3.05, 3.63) is 0 Å². The lowest BCUT2D eigenvalue weighted by Crippen LogP contribution is -2.42. The minimum Gasteiger partial charge on any atom is -0.412 e. The summed E-state index contributed by atoms with van der Waals surface area (Å²) >= 11 is 0. The molecule has 3 fully saturated rings. The highest BCUT2D eigenvalue weighted by Crippen LogP contribution is 2.48. The molecule has 0 aromatic carbocycles. The molecule has 0 saturated heterocycles. The second-order valence-corrected chi connectivity index (χ2v) is 11.9. The van der Waals surface area contributed by atoms with Gasteiger partial charge in [-0.1, -0.05) is 78.6 Å². The number of alkyl halides is 2. The number of hydrogen-bond donors (Lipinski definition) is 0. The van der Waals surface area contributed by atoms with Crippen molar-refractivity contribution in [3.8, 4) is 0 Å². The largest absolute Gasteiger partial charge is 0.412 e. The minimum absolute atomic E-state index is 0. The maximum atomic E-state index is 15.2. The number of hydrogen-bond acceptors (Lipinski definition) is 0. The third-order valence-corrected chi connectivity index (χ3v) is 9.80. The Kier molecular flexibility index (Phi) is 12.5. The average Bonchev–Trinajstić information content (AvgIpc) is 2.77. The molecule has 0 aliphatic heterocycles. The van der Waals surface area contributed by atoms with Crippen molar-refractivity contribution in [2.75, 3.05) is 0 Å². The van der Waals surface area contributed by atoms with Gasteiger partial charge in [-0.15, -0.1) is 0 Å². The molecule has 3 heteroatoms. The Morgan fingerprint density at radius 3 is 1.69 bits per heavy atom. The van der Waals surface area contributed by atoms with Gasteiger partial charge in [0.05, 0.1) is 0 Å². The van der Waals surface area contributed by atoms with Crippen LogP contribution in [0.25, 0.3) is 0 Å². The van der Waals surface area contributed by atoms with Crippen molar-refractivity contribution >= 4 is 0 Å². The molecule has 3 saturated carbocycles. The fraction of sp³-hybridized carbons (Fsp3) is 1.00. The number of unbranched alkanes of at least 4 members (excludes halogenated alkanes) is 3. The van der Waals surface area contributed by atoms with E-state index in [-0.39, 0.29) is 20.2 Å². The topological polar surface area (TPSA) is 31.5 Å². The molecule has 32 heavy (non-hydrogen) atoms. The normalized spacial score (nSPS) is 39.3. The standard InChI is InChI=1S/C29H52F2.H2O.2H2/c1-4-6-7-8-10-21(3)29-27(30)19-26(20-28(29)31)25-17-15-24(16-18-25)23-13-11-22(9-5-2)12-14-23;;;/h21-29H,4-20H2,1-3H3;1H2;2*1H. The fourth-order valence-electron chi connectivity index (χ4n) is 7.84. The van der Waals surface area contributed by atoms with Crippen LogP contribution in [0.3, 0.4) is 0 Å². The summed E-state index contributed by atoms with van der Waals surface area (Å²) < 4.78 is 30.3. The van der Waals surface area contributed by atoms with Crippen LogP contribution in [-0.2, 0) is 0 Å². The molecule has 3 aliphatic rings. The van der Waals surface area contributed by atoms with Crippen molar-refractivity contribution in [2.24, 2.45) is 41.4 Å². The maximum Gasteiger partial charge on any atom is 0.106 e. The van der Waals surface area contributed by atoms with Crippen LogP contribution in [0.5, 0.6) is 0 Å². The monoisotopic (exact) mass is 460 g/mol. The first-order valence-electron chi connectivity index (χ1n) is 14.3. The van der Waals surface area contributed by atoms with E-state index in [9.17, 15) is 0 Å². The van der Waals surface area contributed by atoms with E-state index in [1.165, 1.54) is 83.5 Å². The van der Waals surface area contributed by atoms with Gasteiger partial charge in [0.15, 0.2) is 0 Å². The van der Waals surface area contributed by atoms with E-state index in [1.807, 2.05) is 0 Å². The molecule has 0 radical (unpaired) electrons. The second kappa shape index (κ2) is 14.3. The molecule has 0 amide bonds. The quantitative estimate of drug-likeness (QED) is 0.291. The molecule has 1 nitrogen and oxygen atoms in total. The van der Waals surface area contributed by atoms with Crippen LogP contribution in [-0.4, -0.2) is 17.8 Å². The highest BCUT2D eigenvalue weighted by Gasteiger charge is 2.44.